The van der Waals surface area contributed by atoms with Crippen LogP contribution in [-0.2, 0) is 21.5 Å². The highest BCUT2D eigenvalue weighted by Crippen LogP contribution is 2.41. The number of hydrogen-bond acceptors (Lipinski definition) is 4. The van der Waals surface area contributed by atoms with Crippen molar-refractivity contribution in [1.29, 1.82) is 0 Å². The normalized spacial score (nSPS) is 25.1. The maximum Gasteiger partial charge on any atom is 0.325 e. The van der Waals surface area contributed by atoms with E-state index in [4.69, 9.17) is 0 Å². The molecule has 2 saturated heterocycles. The van der Waals surface area contributed by atoms with Gasteiger partial charge in [-0.1, -0.05) is 42.5 Å². The molecule has 2 heterocycles. The SMILES string of the molecule is O=C1N[C@]2(CCCc3ccccc32)C(=O)N1CC(=O)N1CCS[C@H]1c1ccccc1F. The number of urea groups is 1. The van der Waals surface area contributed by atoms with E-state index >= 15 is 0 Å². The minimum Gasteiger partial charge on any atom is -0.324 e. The maximum absolute atomic E-state index is 14.3. The lowest BCUT2D eigenvalue weighted by atomic mass is 9.76. The second-order valence-corrected chi connectivity index (χ2v) is 9.26. The Balaban J connectivity index is 1.39. The van der Waals surface area contributed by atoms with Crippen molar-refractivity contribution in [3.63, 3.8) is 0 Å². The quantitative estimate of drug-likeness (QED) is 0.746. The Morgan fingerprint density at radius 2 is 1.94 bits per heavy atom. The monoisotopic (exact) mass is 439 g/mol. The molecule has 6 nitrogen and oxygen atoms in total. The molecule has 1 N–H and O–H groups in total. The molecular weight excluding hydrogens is 417 g/mol. The summed E-state index contributed by atoms with van der Waals surface area (Å²) in [7, 11) is 0. The standard InChI is InChI=1S/C23H22FN3O3S/c24-18-10-4-2-8-16(18)20-26(12-13-31-20)19(28)14-27-21(29)23(25-22(27)30)11-5-7-15-6-1-3-9-17(15)23/h1-4,6,8-10,20H,5,7,11-14H2,(H,25,30)/t20-,23-/m0/s1. The van der Waals surface area contributed by atoms with Crippen LogP contribution in [0.1, 0.15) is 34.9 Å². The first kappa shape index (κ1) is 20.1. The summed E-state index contributed by atoms with van der Waals surface area (Å²) < 4.78 is 14.3. The molecule has 2 aliphatic heterocycles. The summed E-state index contributed by atoms with van der Waals surface area (Å²) in [6.45, 7) is 0.0974. The van der Waals surface area contributed by atoms with Gasteiger partial charge in [-0.3, -0.25) is 14.5 Å². The first-order valence-electron chi connectivity index (χ1n) is 10.4. The van der Waals surface area contributed by atoms with Crippen molar-refractivity contribution in [2.24, 2.45) is 0 Å². The Morgan fingerprint density at radius 3 is 2.77 bits per heavy atom. The molecule has 2 aromatic rings. The maximum atomic E-state index is 14.3. The van der Waals surface area contributed by atoms with Gasteiger partial charge in [-0.2, -0.15) is 0 Å². The number of nitrogens with one attached hydrogen (secondary N) is 1. The van der Waals surface area contributed by atoms with E-state index in [2.05, 4.69) is 5.32 Å². The summed E-state index contributed by atoms with van der Waals surface area (Å²) >= 11 is 1.48. The number of halogens is 1. The number of fused-ring (bicyclic) bond motifs is 2. The van der Waals surface area contributed by atoms with Gasteiger partial charge in [0.05, 0.1) is 0 Å². The fourth-order valence-corrected chi connectivity index (χ4v) is 6.14. The van der Waals surface area contributed by atoms with E-state index in [0.717, 1.165) is 28.9 Å². The van der Waals surface area contributed by atoms with Crippen LogP contribution in [0.3, 0.4) is 0 Å². The Hall–Kier alpha value is -2.87. The van der Waals surface area contributed by atoms with Crippen molar-refractivity contribution in [3.05, 3.63) is 71.0 Å². The number of amides is 4. The van der Waals surface area contributed by atoms with Gasteiger partial charge in [0.25, 0.3) is 5.91 Å². The molecule has 2 fully saturated rings. The van der Waals surface area contributed by atoms with Crippen LogP contribution >= 0.6 is 11.8 Å². The minimum atomic E-state index is -1.10. The van der Waals surface area contributed by atoms with Crippen molar-refractivity contribution in [2.75, 3.05) is 18.8 Å². The average Bonchev–Trinajstić information content (AvgIpc) is 3.34. The molecule has 31 heavy (non-hydrogen) atoms. The average molecular weight is 440 g/mol. The van der Waals surface area contributed by atoms with Gasteiger partial charge in [-0.25, -0.2) is 9.18 Å². The Bertz CT molecular complexity index is 1080. The lowest BCUT2D eigenvalue weighted by Crippen LogP contribution is -2.47. The largest absolute Gasteiger partial charge is 0.325 e. The zero-order valence-corrected chi connectivity index (χ0v) is 17.7. The number of imide groups is 1. The van der Waals surface area contributed by atoms with E-state index in [1.807, 2.05) is 24.3 Å². The summed E-state index contributed by atoms with van der Waals surface area (Å²) in [5.74, 6) is -0.440. The Kier molecular flexibility index (Phi) is 4.97. The number of thioether (sulfide) groups is 1. The summed E-state index contributed by atoms with van der Waals surface area (Å²) in [6, 6.07) is 13.5. The molecule has 8 heteroatoms. The number of rotatable bonds is 3. The van der Waals surface area contributed by atoms with Crippen LogP contribution in [0, 0.1) is 5.82 Å². The molecule has 0 bridgehead atoms. The molecule has 2 atom stereocenters. The summed E-state index contributed by atoms with van der Waals surface area (Å²) in [4.78, 5) is 41.9. The predicted octanol–water partition coefficient (Wildman–Crippen LogP) is 3.18. The van der Waals surface area contributed by atoms with Crippen molar-refractivity contribution >= 4 is 29.6 Å². The summed E-state index contributed by atoms with van der Waals surface area (Å²) in [5, 5.41) is 2.42. The minimum absolute atomic E-state index is 0.347. The lowest BCUT2D eigenvalue weighted by Gasteiger charge is -2.33. The number of nitrogens with zero attached hydrogens (tertiary/aromatic N) is 2. The zero-order valence-electron chi connectivity index (χ0n) is 16.8. The molecule has 1 aliphatic carbocycles. The van der Waals surface area contributed by atoms with Gasteiger partial charge < -0.3 is 10.2 Å². The van der Waals surface area contributed by atoms with E-state index in [-0.39, 0.29) is 24.2 Å². The van der Waals surface area contributed by atoms with Crippen LogP contribution in [-0.4, -0.2) is 46.5 Å². The van der Waals surface area contributed by atoms with Gasteiger partial charge in [0.2, 0.25) is 5.91 Å². The van der Waals surface area contributed by atoms with Crippen molar-refractivity contribution in [3.8, 4) is 0 Å². The molecule has 0 saturated carbocycles. The molecular formula is C23H22FN3O3S. The smallest absolute Gasteiger partial charge is 0.324 e. The van der Waals surface area contributed by atoms with Crippen LogP contribution in [0.15, 0.2) is 48.5 Å². The second-order valence-electron chi connectivity index (χ2n) is 8.07. The van der Waals surface area contributed by atoms with Crippen LogP contribution in [0.25, 0.3) is 0 Å². The van der Waals surface area contributed by atoms with Crippen LogP contribution in [0.5, 0.6) is 0 Å². The van der Waals surface area contributed by atoms with Crippen LogP contribution < -0.4 is 5.32 Å². The topological polar surface area (TPSA) is 69.7 Å². The highest BCUT2D eigenvalue weighted by molar-refractivity contribution is 7.99. The molecule has 0 unspecified atom stereocenters. The highest BCUT2D eigenvalue weighted by Gasteiger charge is 2.54. The third-order valence-corrected chi connectivity index (χ3v) is 7.57. The fourth-order valence-electron chi connectivity index (χ4n) is 4.84. The summed E-state index contributed by atoms with van der Waals surface area (Å²) in [5.41, 5.74) is 1.20. The van der Waals surface area contributed by atoms with Gasteiger partial charge in [0.15, 0.2) is 0 Å². The van der Waals surface area contributed by atoms with Crippen molar-refractivity contribution < 1.29 is 18.8 Å². The van der Waals surface area contributed by atoms with Gasteiger partial charge >= 0.3 is 6.03 Å². The van der Waals surface area contributed by atoms with E-state index in [0.29, 0.717) is 24.3 Å². The molecule has 5 rings (SSSR count). The van der Waals surface area contributed by atoms with E-state index in [1.165, 1.54) is 17.8 Å². The van der Waals surface area contributed by atoms with Crippen LogP contribution in [0.4, 0.5) is 9.18 Å². The van der Waals surface area contributed by atoms with E-state index < -0.39 is 16.9 Å². The number of aryl methyl sites for hydroxylation is 1. The van der Waals surface area contributed by atoms with Crippen molar-refractivity contribution in [1.82, 2.24) is 15.1 Å². The highest BCUT2D eigenvalue weighted by atomic mass is 32.2. The molecule has 2 aromatic carbocycles. The summed E-state index contributed by atoms with van der Waals surface area (Å²) in [6.07, 6.45) is 2.15. The van der Waals surface area contributed by atoms with Crippen LogP contribution in [0.2, 0.25) is 0 Å². The van der Waals surface area contributed by atoms with Gasteiger partial charge in [0, 0.05) is 17.9 Å². The molecule has 1 spiro atoms. The Labute approximate surface area is 183 Å². The molecule has 160 valence electrons. The number of carbonyl (C=O) groups is 3. The molecule has 0 radical (unpaired) electrons. The second kappa shape index (κ2) is 7.67. The molecule has 4 amide bonds. The fraction of sp³-hybridized carbons (Fsp3) is 0.348. The molecule has 0 aromatic heterocycles. The van der Waals surface area contributed by atoms with E-state index in [1.54, 1.807) is 23.1 Å². The first-order chi connectivity index (χ1) is 15.0. The first-order valence-corrected chi connectivity index (χ1v) is 11.4. The number of carbonyl (C=O) groups excluding carboxylic acids is 3. The Morgan fingerprint density at radius 1 is 1.16 bits per heavy atom. The number of benzene rings is 2. The van der Waals surface area contributed by atoms with Gasteiger partial charge in [0.1, 0.15) is 23.3 Å². The van der Waals surface area contributed by atoms with E-state index in [9.17, 15) is 18.8 Å². The third kappa shape index (κ3) is 3.20. The predicted molar refractivity (Wildman–Crippen MR) is 115 cm³/mol. The third-order valence-electron chi connectivity index (χ3n) is 6.33. The van der Waals surface area contributed by atoms with Gasteiger partial charge in [-0.15, -0.1) is 11.8 Å². The zero-order chi connectivity index (χ0) is 21.6. The molecule has 3 aliphatic rings. The number of hydrogen-bond donors (Lipinski definition) is 1. The van der Waals surface area contributed by atoms with Crippen molar-refractivity contribution in [2.45, 2.75) is 30.2 Å². The lowest BCUT2D eigenvalue weighted by molar-refractivity contribution is -0.139. The van der Waals surface area contributed by atoms with Gasteiger partial charge in [-0.05, 0) is 36.5 Å².